The number of carbonyl (C=O) groups is 2. The largest absolute Gasteiger partial charge is 0.463 e. The maximum atomic E-state index is 13.5. The van der Waals surface area contributed by atoms with Crippen LogP contribution in [-0.2, 0) is 4.79 Å². The highest BCUT2D eigenvalue weighted by Gasteiger charge is 2.30. The van der Waals surface area contributed by atoms with Gasteiger partial charge in [0.25, 0.3) is 11.6 Å². The molecule has 0 bridgehead atoms. The molecule has 1 N–H and O–H groups in total. The molecule has 0 saturated heterocycles. The fourth-order valence-electron chi connectivity index (χ4n) is 3.37. The molecular formula is C20H14N4O4. The predicted octanol–water partition coefficient (Wildman–Crippen LogP) is 3.39. The van der Waals surface area contributed by atoms with Gasteiger partial charge in [0.1, 0.15) is 12.2 Å². The van der Waals surface area contributed by atoms with Crippen LogP contribution in [0.2, 0.25) is 0 Å². The Kier molecular flexibility index (Phi) is 3.51. The summed E-state index contributed by atoms with van der Waals surface area (Å²) in [5, 5.41) is 7.25. The quantitative estimate of drug-likeness (QED) is 0.577. The molecule has 4 aromatic rings. The second-order valence-corrected chi connectivity index (χ2v) is 6.44. The average molecular weight is 374 g/mol. The molecule has 138 valence electrons. The predicted molar refractivity (Wildman–Crippen MR) is 101 cm³/mol. The smallest absolute Gasteiger partial charge is 0.259 e. The number of aromatic nitrogens is 2. The van der Waals surface area contributed by atoms with Crippen LogP contribution >= 0.6 is 0 Å². The topological polar surface area (TPSA) is 101 Å². The Labute approximate surface area is 158 Å². The van der Waals surface area contributed by atoms with Crippen LogP contribution in [-0.4, -0.2) is 28.5 Å². The molecule has 28 heavy (non-hydrogen) atoms. The second-order valence-electron chi connectivity index (χ2n) is 6.44. The Hall–Kier alpha value is -3.94. The van der Waals surface area contributed by atoms with Gasteiger partial charge < -0.3 is 14.3 Å². The summed E-state index contributed by atoms with van der Waals surface area (Å²) in [6, 6.07) is 12.3. The zero-order valence-corrected chi connectivity index (χ0v) is 14.8. The number of anilines is 2. The zero-order valence-electron chi connectivity index (χ0n) is 14.8. The average Bonchev–Trinajstić information content (AvgIpc) is 3.36. The number of hydrogen-bond acceptors (Lipinski definition) is 6. The molecule has 1 aliphatic rings. The lowest BCUT2D eigenvalue weighted by atomic mass is 10.1. The lowest BCUT2D eigenvalue weighted by molar-refractivity contribution is -0.115. The number of nitrogens with one attached hydrogen (secondary N) is 1. The highest BCUT2D eigenvalue weighted by Crippen LogP contribution is 2.33. The highest BCUT2D eigenvalue weighted by molar-refractivity contribution is 6.19. The van der Waals surface area contributed by atoms with Crippen molar-refractivity contribution in [3.05, 3.63) is 60.0 Å². The van der Waals surface area contributed by atoms with Crippen molar-refractivity contribution in [1.29, 1.82) is 0 Å². The Morgan fingerprint density at radius 1 is 1.21 bits per heavy atom. The number of furan rings is 1. The third-order valence-electron chi connectivity index (χ3n) is 4.64. The summed E-state index contributed by atoms with van der Waals surface area (Å²) < 4.78 is 10.7. The van der Waals surface area contributed by atoms with Gasteiger partial charge in [0.15, 0.2) is 5.76 Å². The third-order valence-corrected chi connectivity index (χ3v) is 4.64. The van der Waals surface area contributed by atoms with E-state index in [0.29, 0.717) is 39.5 Å². The molecule has 0 spiro atoms. The molecule has 5 rings (SSSR count). The molecule has 1 aliphatic heterocycles. The summed E-state index contributed by atoms with van der Waals surface area (Å²) in [4.78, 5) is 31.5. The monoisotopic (exact) mass is 374 g/mol. The number of rotatable bonds is 2. The minimum Gasteiger partial charge on any atom is -0.463 e. The summed E-state index contributed by atoms with van der Waals surface area (Å²) in [7, 11) is 0. The van der Waals surface area contributed by atoms with Crippen LogP contribution in [0.25, 0.3) is 22.6 Å². The fourth-order valence-corrected chi connectivity index (χ4v) is 3.37. The standard InChI is InChI=1S/C20H14N4O4/c1-11-18-12(9-14(16-7-4-8-27-16)22-19(18)28-23-11)20(26)24-10-17(25)21-13-5-2-3-6-15(13)24/h2-9H,10H2,1H3,(H,21,25). The van der Waals surface area contributed by atoms with E-state index in [4.69, 9.17) is 8.94 Å². The van der Waals surface area contributed by atoms with Crippen molar-refractivity contribution in [3.8, 4) is 11.5 Å². The maximum Gasteiger partial charge on any atom is 0.259 e. The van der Waals surface area contributed by atoms with Crippen LogP contribution < -0.4 is 10.2 Å². The Balaban J connectivity index is 1.70. The van der Waals surface area contributed by atoms with E-state index in [2.05, 4.69) is 15.5 Å². The first-order valence-electron chi connectivity index (χ1n) is 8.63. The van der Waals surface area contributed by atoms with Crippen LogP contribution in [0.4, 0.5) is 11.4 Å². The fraction of sp³-hybridized carbons (Fsp3) is 0.100. The van der Waals surface area contributed by atoms with Crippen molar-refractivity contribution in [1.82, 2.24) is 10.1 Å². The van der Waals surface area contributed by atoms with Gasteiger partial charge in [-0.05, 0) is 37.3 Å². The van der Waals surface area contributed by atoms with Crippen LogP contribution in [0.1, 0.15) is 16.1 Å². The molecule has 0 saturated carbocycles. The van der Waals surface area contributed by atoms with Gasteiger partial charge in [-0.3, -0.25) is 14.5 Å². The SMILES string of the molecule is Cc1noc2nc(-c3ccco3)cc(C(=O)N3CC(=O)Nc4ccccc43)c12. The van der Waals surface area contributed by atoms with E-state index < -0.39 is 0 Å². The normalized spacial score (nSPS) is 13.5. The van der Waals surface area contributed by atoms with Gasteiger partial charge in [0.05, 0.1) is 34.3 Å². The van der Waals surface area contributed by atoms with E-state index in [1.807, 2.05) is 6.07 Å². The van der Waals surface area contributed by atoms with Gasteiger partial charge >= 0.3 is 0 Å². The lowest BCUT2D eigenvalue weighted by Crippen LogP contribution is -2.42. The van der Waals surface area contributed by atoms with E-state index in [1.165, 1.54) is 11.2 Å². The van der Waals surface area contributed by atoms with Crippen molar-refractivity contribution in [2.45, 2.75) is 6.92 Å². The van der Waals surface area contributed by atoms with E-state index in [1.54, 1.807) is 43.3 Å². The van der Waals surface area contributed by atoms with Gasteiger partial charge in [-0.15, -0.1) is 0 Å². The molecule has 2 amide bonds. The Morgan fingerprint density at radius 3 is 2.89 bits per heavy atom. The molecule has 0 aliphatic carbocycles. The summed E-state index contributed by atoms with van der Waals surface area (Å²) in [5.74, 6) is -0.0961. The molecule has 3 aromatic heterocycles. The number of aryl methyl sites for hydroxylation is 1. The highest BCUT2D eigenvalue weighted by atomic mass is 16.5. The maximum absolute atomic E-state index is 13.5. The van der Waals surface area contributed by atoms with Crippen LogP contribution in [0, 0.1) is 6.92 Å². The Morgan fingerprint density at radius 2 is 2.07 bits per heavy atom. The van der Waals surface area contributed by atoms with Crippen molar-refractivity contribution in [3.63, 3.8) is 0 Å². The van der Waals surface area contributed by atoms with Gasteiger partial charge in [0.2, 0.25) is 5.91 Å². The van der Waals surface area contributed by atoms with E-state index in [0.717, 1.165) is 0 Å². The summed E-state index contributed by atoms with van der Waals surface area (Å²) in [6.07, 6.45) is 1.53. The number of nitrogens with zero attached hydrogens (tertiary/aromatic N) is 3. The number of carbonyl (C=O) groups excluding carboxylic acids is 2. The molecule has 0 unspecified atom stereocenters. The Bertz CT molecular complexity index is 1230. The van der Waals surface area contributed by atoms with Gasteiger partial charge in [-0.1, -0.05) is 17.3 Å². The van der Waals surface area contributed by atoms with Crippen LogP contribution in [0.5, 0.6) is 0 Å². The minimum absolute atomic E-state index is 0.0833. The molecule has 1 aromatic carbocycles. The lowest BCUT2D eigenvalue weighted by Gasteiger charge is -2.29. The molecule has 0 atom stereocenters. The van der Waals surface area contributed by atoms with Gasteiger partial charge in [-0.25, -0.2) is 4.98 Å². The third kappa shape index (κ3) is 2.46. The number of para-hydroxylation sites is 2. The molecule has 4 heterocycles. The van der Waals surface area contributed by atoms with E-state index in [9.17, 15) is 9.59 Å². The summed E-state index contributed by atoms with van der Waals surface area (Å²) >= 11 is 0. The minimum atomic E-state index is -0.339. The molecule has 8 nitrogen and oxygen atoms in total. The molecule has 0 fully saturated rings. The number of pyridine rings is 1. The molecule has 0 radical (unpaired) electrons. The summed E-state index contributed by atoms with van der Waals surface area (Å²) in [5.41, 5.74) is 2.80. The number of benzene rings is 1. The van der Waals surface area contributed by atoms with Gasteiger partial charge in [-0.2, -0.15) is 0 Å². The van der Waals surface area contributed by atoms with Crippen LogP contribution in [0.3, 0.4) is 0 Å². The second kappa shape index (κ2) is 6.05. The first-order valence-corrected chi connectivity index (χ1v) is 8.63. The van der Waals surface area contributed by atoms with Gasteiger partial charge in [0, 0.05) is 0 Å². The van der Waals surface area contributed by atoms with Crippen molar-refractivity contribution < 1.29 is 18.5 Å². The van der Waals surface area contributed by atoms with E-state index >= 15 is 0 Å². The number of hydrogen-bond donors (Lipinski definition) is 1. The zero-order chi connectivity index (χ0) is 19.3. The number of amides is 2. The summed E-state index contributed by atoms with van der Waals surface area (Å²) in [6.45, 7) is 1.66. The van der Waals surface area contributed by atoms with Crippen molar-refractivity contribution >= 4 is 34.3 Å². The number of fused-ring (bicyclic) bond motifs is 2. The molecule has 8 heteroatoms. The van der Waals surface area contributed by atoms with E-state index in [-0.39, 0.29) is 24.1 Å². The first kappa shape index (κ1) is 16.2. The first-order chi connectivity index (χ1) is 13.6. The molecular weight excluding hydrogens is 360 g/mol. The van der Waals surface area contributed by atoms with Crippen molar-refractivity contribution in [2.75, 3.05) is 16.8 Å². The van der Waals surface area contributed by atoms with Crippen molar-refractivity contribution in [2.24, 2.45) is 0 Å². The van der Waals surface area contributed by atoms with Crippen LogP contribution in [0.15, 0.2) is 57.7 Å².